The third kappa shape index (κ3) is 4.47. The van der Waals surface area contributed by atoms with Crippen molar-refractivity contribution in [3.63, 3.8) is 0 Å². The number of rotatable bonds is 2. The zero-order valence-electron chi connectivity index (χ0n) is 25.2. The van der Waals surface area contributed by atoms with E-state index in [2.05, 4.69) is 28.4 Å². The van der Waals surface area contributed by atoms with E-state index in [1.807, 2.05) is 0 Å². The van der Waals surface area contributed by atoms with E-state index in [0.29, 0.717) is 12.2 Å². The Morgan fingerprint density at radius 1 is 0.475 bits per heavy atom. The van der Waals surface area contributed by atoms with Crippen molar-refractivity contribution in [1.29, 1.82) is 0 Å². The summed E-state index contributed by atoms with van der Waals surface area (Å²) in [4.78, 5) is 3.20. The second-order valence-corrected chi connectivity index (χ2v) is 19.1. The minimum atomic E-state index is 0.557. The zero-order valence-corrected chi connectivity index (χ0v) is 26.8. The van der Waals surface area contributed by atoms with E-state index in [9.17, 15) is 0 Å². The molecule has 40 heavy (non-hydrogen) atoms. The molecule has 2 nitrogen and oxygen atoms in total. The second-order valence-electron chi connectivity index (χ2n) is 16.2. The smallest absolute Gasteiger partial charge is 0.0735 e. The van der Waals surface area contributed by atoms with Gasteiger partial charge in [0, 0.05) is 39.1 Å². The number of morpholine rings is 1. The summed E-state index contributed by atoms with van der Waals surface area (Å²) < 4.78 is 6.89. The minimum absolute atomic E-state index is 0.557. The first-order valence-corrected chi connectivity index (χ1v) is 20.5. The Morgan fingerprint density at radius 2 is 1.15 bits per heavy atom. The number of ether oxygens (including phenoxy) is 1. The van der Waals surface area contributed by atoms with Gasteiger partial charge in [-0.1, -0.05) is 57.8 Å². The highest BCUT2D eigenvalue weighted by Crippen LogP contribution is 2.66. The molecular formula is C36H57NOS2. The van der Waals surface area contributed by atoms with E-state index in [4.69, 9.17) is 4.74 Å². The summed E-state index contributed by atoms with van der Waals surface area (Å²) in [7, 11) is 0. The van der Waals surface area contributed by atoms with Crippen LogP contribution in [-0.2, 0) is 4.74 Å². The summed E-state index contributed by atoms with van der Waals surface area (Å²) in [6.45, 7) is 0. The molecule has 4 heteroatoms. The van der Waals surface area contributed by atoms with E-state index in [-0.39, 0.29) is 0 Å². The molecule has 0 spiro atoms. The van der Waals surface area contributed by atoms with E-state index in [0.717, 1.165) is 74.6 Å². The molecule has 6 aliphatic carbocycles. The summed E-state index contributed by atoms with van der Waals surface area (Å²) in [6, 6.07) is 2.37. The lowest BCUT2D eigenvalue weighted by molar-refractivity contribution is -0.191. The first kappa shape index (κ1) is 27.0. The average molecular weight is 584 g/mol. The van der Waals surface area contributed by atoms with E-state index >= 15 is 0 Å². The Balaban J connectivity index is 0.947. The SMILES string of the molecule is C1CCC2C(C1)OC1CCCCC1N2C1CCCC(C2CCCC3C4CCC5SC6CCCCC6C5C4SC23)C1. The summed E-state index contributed by atoms with van der Waals surface area (Å²) in [5, 5.41) is 4.14. The lowest BCUT2D eigenvalue weighted by Gasteiger charge is -2.57. The van der Waals surface area contributed by atoms with Crippen LogP contribution < -0.4 is 0 Å². The van der Waals surface area contributed by atoms with Crippen molar-refractivity contribution >= 4 is 23.5 Å². The van der Waals surface area contributed by atoms with E-state index in [1.165, 1.54) is 77.0 Å². The van der Waals surface area contributed by atoms with Gasteiger partial charge in [0.2, 0.25) is 0 Å². The van der Waals surface area contributed by atoms with Crippen molar-refractivity contribution in [3.8, 4) is 0 Å². The Hall–Kier alpha value is 0.620. The Bertz CT molecular complexity index is 891. The van der Waals surface area contributed by atoms with Crippen molar-refractivity contribution in [2.24, 2.45) is 35.5 Å². The van der Waals surface area contributed by atoms with Crippen LogP contribution in [-0.4, -0.2) is 56.2 Å². The fraction of sp³-hybridized carbons (Fsp3) is 1.00. The maximum absolute atomic E-state index is 6.89. The van der Waals surface area contributed by atoms with Crippen LogP contribution in [0.2, 0.25) is 0 Å². The highest BCUT2D eigenvalue weighted by atomic mass is 32.2. The highest BCUT2D eigenvalue weighted by Gasteiger charge is 2.59. The number of nitrogens with zero attached hydrogens (tertiary/aromatic N) is 1. The summed E-state index contributed by atoms with van der Waals surface area (Å²) in [5.74, 6) is 6.40. The van der Waals surface area contributed by atoms with Gasteiger partial charge in [-0.15, -0.1) is 0 Å². The predicted octanol–water partition coefficient (Wildman–Crippen LogP) is 9.10. The second kappa shape index (κ2) is 11.2. The third-order valence-corrected chi connectivity index (χ3v) is 18.4. The van der Waals surface area contributed by atoms with Crippen molar-refractivity contribution < 1.29 is 4.74 Å². The Morgan fingerprint density at radius 3 is 2.00 bits per heavy atom. The third-order valence-electron chi connectivity index (χ3n) is 14.6. The maximum Gasteiger partial charge on any atom is 0.0735 e. The van der Waals surface area contributed by atoms with Crippen LogP contribution in [0.15, 0.2) is 0 Å². The molecule has 0 radical (unpaired) electrons. The molecule has 3 aliphatic heterocycles. The first-order chi connectivity index (χ1) is 19.8. The van der Waals surface area contributed by atoms with Crippen LogP contribution in [0.4, 0.5) is 0 Å². The summed E-state index contributed by atoms with van der Waals surface area (Å²) in [6.07, 6.45) is 32.5. The summed E-state index contributed by atoms with van der Waals surface area (Å²) >= 11 is 5.13. The molecule has 3 heterocycles. The molecule has 0 amide bonds. The quantitative estimate of drug-likeness (QED) is 0.321. The van der Waals surface area contributed by atoms with E-state index in [1.54, 1.807) is 57.8 Å². The lowest BCUT2D eigenvalue weighted by atomic mass is 9.62. The summed E-state index contributed by atoms with van der Waals surface area (Å²) in [5.41, 5.74) is 0. The van der Waals surface area contributed by atoms with Gasteiger partial charge >= 0.3 is 0 Å². The first-order valence-electron chi connectivity index (χ1n) is 18.6. The van der Waals surface area contributed by atoms with Gasteiger partial charge in [0.05, 0.1) is 12.2 Å². The Labute approximate surface area is 254 Å². The van der Waals surface area contributed by atoms with Crippen molar-refractivity contribution in [1.82, 2.24) is 4.90 Å². The van der Waals surface area contributed by atoms with Gasteiger partial charge in [0.25, 0.3) is 0 Å². The molecule has 0 aromatic carbocycles. The molecule has 9 rings (SSSR count). The molecule has 0 aromatic rings. The molecule has 0 N–H and O–H groups in total. The number of hydrogen-bond donors (Lipinski definition) is 0. The normalized spacial score (nSPS) is 56.2. The topological polar surface area (TPSA) is 12.5 Å². The van der Waals surface area contributed by atoms with Crippen LogP contribution in [0.1, 0.15) is 135 Å². The van der Waals surface area contributed by atoms with Crippen LogP contribution in [0, 0.1) is 35.5 Å². The zero-order chi connectivity index (χ0) is 26.2. The van der Waals surface area contributed by atoms with Gasteiger partial charge in [-0.25, -0.2) is 0 Å². The molecule has 0 bridgehead atoms. The monoisotopic (exact) mass is 583 g/mol. The molecule has 6 saturated carbocycles. The van der Waals surface area contributed by atoms with Gasteiger partial charge in [-0.3, -0.25) is 4.90 Å². The van der Waals surface area contributed by atoms with Crippen LogP contribution in [0.3, 0.4) is 0 Å². The molecule has 15 unspecified atom stereocenters. The predicted molar refractivity (Wildman–Crippen MR) is 170 cm³/mol. The van der Waals surface area contributed by atoms with E-state index < -0.39 is 0 Å². The average Bonchev–Trinajstić information content (AvgIpc) is 3.58. The van der Waals surface area contributed by atoms with Crippen molar-refractivity contribution in [3.05, 3.63) is 0 Å². The highest BCUT2D eigenvalue weighted by molar-refractivity contribution is 8.01. The molecule has 9 aliphatic rings. The number of hydrogen-bond acceptors (Lipinski definition) is 4. The fourth-order valence-corrected chi connectivity index (χ4v) is 17.9. The largest absolute Gasteiger partial charge is 0.372 e. The van der Waals surface area contributed by atoms with Gasteiger partial charge in [0.1, 0.15) is 0 Å². The van der Waals surface area contributed by atoms with Crippen LogP contribution in [0.25, 0.3) is 0 Å². The van der Waals surface area contributed by atoms with Gasteiger partial charge in [0.15, 0.2) is 0 Å². The molecular weight excluding hydrogens is 527 g/mol. The van der Waals surface area contributed by atoms with Crippen molar-refractivity contribution in [2.45, 2.75) is 186 Å². The van der Waals surface area contributed by atoms with Gasteiger partial charge in [-0.2, -0.15) is 23.5 Å². The number of fused-ring (bicyclic) bond motifs is 9. The maximum atomic E-state index is 6.89. The number of thioether (sulfide) groups is 2. The molecule has 3 saturated heterocycles. The Kier molecular flexibility index (Phi) is 7.56. The van der Waals surface area contributed by atoms with Crippen LogP contribution >= 0.6 is 23.5 Å². The van der Waals surface area contributed by atoms with Gasteiger partial charge in [-0.05, 0) is 113 Å². The standard InChI is InChI=1S/C36H57NOS2/c1-6-18-32-27(11-1)34-33(39-32)20-19-26-25-13-8-12-24(35(25)40-36(26)34)22-9-7-10-23(21-22)37-28-14-2-4-16-30(28)38-31-17-5-3-15-29(31)37/h22-36H,1-21H2. The fourth-order valence-electron chi connectivity index (χ4n) is 13.1. The molecule has 15 atom stereocenters. The van der Waals surface area contributed by atoms with Crippen molar-refractivity contribution in [2.75, 3.05) is 0 Å². The van der Waals surface area contributed by atoms with Gasteiger partial charge < -0.3 is 4.74 Å². The minimum Gasteiger partial charge on any atom is -0.372 e. The molecule has 0 aromatic heterocycles. The lowest BCUT2D eigenvalue weighted by Crippen LogP contribution is -2.65. The van der Waals surface area contributed by atoms with Crippen LogP contribution in [0.5, 0.6) is 0 Å². The molecule has 224 valence electrons. The molecule has 9 fully saturated rings.